The van der Waals surface area contributed by atoms with Crippen LogP contribution in [0.25, 0.3) is 0 Å². The van der Waals surface area contributed by atoms with Gasteiger partial charge in [-0.15, -0.1) is 0 Å². The van der Waals surface area contributed by atoms with Crippen LogP contribution >= 0.6 is 11.8 Å². The maximum Gasteiger partial charge on any atom is 0.129 e. The van der Waals surface area contributed by atoms with Crippen LogP contribution in [-0.4, -0.2) is 23.6 Å². The van der Waals surface area contributed by atoms with Crippen LogP contribution in [0.3, 0.4) is 0 Å². The van der Waals surface area contributed by atoms with E-state index in [1.165, 1.54) is 38.2 Å². The summed E-state index contributed by atoms with van der Waals surface area (Å²) in [6.07, 6.45) is 7.31. The summed E-state index contributed by atoms with van der Waals surface area (Å²) in [7, 11) is 0. The number of hydrogen-bond acceptors (Lipinski definition) is 2. The van der Waals surface area contributed by atoms with Crippen LogP contribution in [0.1, 0.15) is 44.6 Å². The van der Waals surface area contributed by atoms with Crippen molar-refractivity contribution in [2.24, 2.45) is 0 Å². The van der Waals surface area contributed by atoms with Gasteiger partial charge < -0.3 is 5.32 Å². The van der Waals surface area contributed by atoms with Gasteiger partial charge in [0.2, 0.25) is 0 Å². The predicted octanol–water partition coefficient (Wildman–Crippen LogP) is 4.55. The molecule has 118 valence electrons. The van der Waals surface area contributed by atoms with Gasteiger partial charge in [0.1, 0.15) is 11.6 Å². The summed E-state index contributed by atoms with van der Waals surface area (Å²) in [5, 5.41) is 4.19. The van der Waals surface area contributed by atoms with Crippen molar-refractivity contribution in [2.75, 3.05) is 12.3 Å². The third kappa shape index (κ3) is 5.59. The second kappa shape index (κ2) is 8.74. The molecule has 0 amide bonds. The summed E-state index contributed by atoms with van der Waals surface area (Å²) in [5.41, 5.74) is 0.603. The maximum atomic E-state index is 13.8. The molecule has 1 saturated carbocycles. The largest absolute Gasteiger partial charge is 0.313 e. The van der Waals surface area contributed by atoms with E-state index in [1.54, 1.807) is 6.07 Å². The Bertz CT molecular complexity index is 433. The first-order valence-corrected chi connectivity index (χ1v) is 9.03. The van der Waals surface area contributed by atoms with Crippen molar-refractivity contribution in [3.63, 3.8) is 0 Å². The van der Waals surface area contributed by atoms with Crippen LogP contribution in [0, 0.1) is 11.6 Å². The summed E-state index contributed by atoms with van der Waals surface area (Å²) in [5.74, 6) is 0.0587. The second-order valence-electron chi connectivity index (χ2n) is 5.79. The molecule has 1 nitrogen and oxygen atoms in total. The molecule has 1 N–H and O–H groups in total. The molecule has 0 bridgehead atoms. The Labute approximate surface area is 130 Å². The minimum atomic E-state index is -0.507. The molecule has 1 atom stereocenters. The van der Waals surface area contributed by atoms with Crippen molar-refractivity contribution >= 4 is 11.8 Å². The molecule has 0 radical (unpaired) electrons. The van der Waals surface area contributed by atoms with Gasteiger partial charge in [-0.05, 0) is 37.4 Å². The number of halogens is 2. The van der Waals surface area contributed by atoms with Gasteiger partial charge in [0, 0.05) is 23.1 Å². The van der Waals surface area contributed by atoms with E-state index in [4.69, 9.17) is 0 Å². The SMILES string of the molecule is CCNC(CSC1CCCCC1)Cc1ccc(F)cc1F. The lowest BCUT2D eigenvalue weighted by Crippen LogP contribution is -2.34. The van der Waals surface area contributed by atoms with Gasteiger partial charge in [0.15, 0.2) is 0 Å². The third-order valence-electron chi connectivity index (χ3n) is 4.06. The van der Waals surface area contributed by atoms with Gasteiger partial charge in [0.05, 0.1) is 0 Å². The first-order valence-electron chi connectivity index (χ1n) is 7.98. The monoisotopic (exact) mass is 313 g/mol. The highest BCUT2D eigenvalue weighted by molar-refractivity contribution is 7.99. The highest BCUT2D eigenvalue weighted by atomic mass is 32.2. The molecule has 1 aromatic rings. The molecular formula is C17H25F2NS. The average Bonchev–Trinajstić information content (AvgIpc) is 2.49. The lowest BCUT2D eigenvalue weighted by molar-refractivity contribution is 0.511. The van der Waals surface area contributed by atoms with E-state index >= 15 is 0 Å². The molecule has 0 heterocycles. The normalized spacial score (nSPS) is 17.9. The van der Waals surface area contributed by atoms with E-state index < -0.39 is 11.6 Å². The average molecular weight is 313 g/mol. The molecule has 21 heavy (non-hydrogen) atoms. The Morgan fingerprint density at radius 2 is 2.00 bits per heavy atom. The van der Waals surface area contributed by atoms with Crippen molar-refractivity contribution in [1.29, 1.82) is 0 Å². The zero-order valence-corrected chi connectivity index (χ0v) is 13.5. The third-order valence-corrected chi connectivity index (χ3v) is 5.60. The minimum absolute atomic E-state index is 0.252. The molecule has 0 aliphatic heterocycles. The van der Waals surface area contributed by atoms with Gasteiger partial charge in [-0.25, -0.2) is 8.78 Å². The zero-order chi connectivity index (χ0) is 15.1. The summed E-state index contributed by atoms with van der Waals surface area (Å²) in [6.45, 7) is 2.94. The smallest absolute Gasteiger partial charge is 0.129 e. The van der Waals surface area contributed by atoms with E-state index in [1.807, 2.05) is 11.8 Å². The van der Waals surface area contributed by atoms with Crippen molar-refractivity contribution in [2.45, 2.75) is 56.7 Å². The Hall–Kier alpha value is -0.610. The Morgan fingerprint density at radius 3 is 2.67 bits per heavy atom. The van der Waals surface area contributed by atoms with Crippen LogP contribution < -0.4 is 5.32 Å². The van der Waals surface area contributed by atoms with Crippen molar-refractivity contribution in [3.8, 4) is 0 Å². The second-order valence-corrected chi connectivity index (χ2v) is 7.12. The van der Waals surface area contributed by atoms with Crippen molar-refractivity contribution < 1.29 is 8.78 Å². The highest BCUT2D eigenvalue weighted by Crippen LogP contribution is 2.29. The first-order chi connectivity index (χ1) is 10.2. The van der Waals surface area contributed by atoms with E-state index in [-0.39, 0.29) is 6.04 Å². The zero-order valence-electron chi connectivity index (χ0n) is 12.7. The molecule has 0 aromatic heterocycles. The van der Waals surface area contributed by atoms with E-state index in [2.05, 4.69) is 12.2 Å². The fraction of sp³-hybridized carbons (Fsp3) is 0.647. The lowest BCUT2D eigenvalue weighted by Gasteiger charge is -2.24. The van der Waals surface area contributed by atoms with Crippen LogP contribution in [0.15, 0.2) is 18.2 Å². The van der Waals surface area contributed by atoms with Crippen LogP contribution in [0.4, 0.5) is 8.78 Å². The molecule has 1 fully saturated rings. The maximum absolute atomic E-state index is 13.8. The number of nitrogens with one attached hydrogen (secondary N) is 1. The van der Waals surface area contributed by atoms with Crippen LogP contribution in [0.2, 0.25) is 0 Å². The Morgan fingerprint density at radius 1 is 1.24 bits per heavy atom. The number of thioether (sulfide) groups is 1. The standard InChI is InChI=1S/C17H25F2NS/c1-2-20-15(12-21-16-6-4-3-5-7-16)10-13-8-9-14(18)11-17(13)19/h8-9,11,15-16,20H,2-7,10,12H2,1H3. The molecule has 1 unspecified atom stereocenters. The topological polar surface area (TPSA) is 12.0 Å². The molecule has 1 aliphatic carbocycles. The predicted molar refractivity (Wildman–Crippen MR) is 86.9 cm³/mol. The molecule has 0 spiro atoms. The highest BCUT2D eigenvalue weighted by Gasteiger charge is 2.17. The number of likely N-dealkylation sites (N-methyl/N-ethyl adjacent to an activating group) is 1. The van der Waals surface area contributed by atoms with Crippen molar-refractivity contribution in [1.82, 2.24) is 5.32 Å². The fourth-order valence-corrected chi connectivity index (χ4v) is 4.32. The van der Waals surface area contributed by atoms with Crippen LogP contribution in [-0.2, 0) is 6.42 Å². The molecular weight excluding hydrogens is 288 g/mol. The molecule has 1 aromatic carbocycles. The van der Waals surface area contributed by atoms with Gasteiger partial charge in [-0.3, -0.25) is 0 Å². The minimum Gasteiger partial charge on any atom is -0.313 e. The Kier molecular flexibility index (Phi) is 6.97. The van der Waals surface area contributed by atoms with Gasteiger partial charge >= 0.3 is 0 Å². The van der Waals surface area contributed by atoms with Gasteiger partial charge in [0.25, 0.3) is 0 Å². The van der Waals surface area contributed by atoms with E-state index in [0.717, 1.165) is 23.6 Å². The van der Waals surface area contributed by atoms with Gasteiger partial charge in [-0.1, -0.05) is 32.3 Å². The lowest BCUT2D eigenvalue weighted by atomic mass is 10.0. The quantitative estimate of drug-likeness (QED) is 0.792. The summed E-state index contributed by atoms with van der Waals surface area (Å²) in [6, 6.07) is 4.14. The first kappa shape index (κ1) is 16.8. The number of rotatable bonds is 7. The summed E-state index contributed by atoms with van der Waals surface area (Å²) in [4.78, 5) is 0. The summed E-state index contributed by atoms with van der Waals surface area (Å²) < 4.78 is 26.7. The molecule has 0 saturated heterocycles. The van der Waals surface area contributed by atoms with Crippen LogP contribution in [0.5, 0.6) is 0 Å². The molecule has 1 aliphatic rings. The van der Waals surface area contributed by atoms with E-state index in [9.17, 15) is 8.78 Å². The fourth-order valence-electron chi connectivity index (χ4n) is 2.92. The molecule has 4 heteroatoms. The summed E-state index contributed by atoms with van der Waals surface area (Å²) >= 11 is 2.01. The number of benzene rings is 1. The van der Waals surface area contributed by atoms with E-state index in [0.29, 0.717) is 12.0 Å². The van der Waals surface area contributed by atoms with Crippen molar-refractivity contribution in [3.05, 3.63) is 35.4 Å². The van der Waals surface area contributed by atoms with Gasteiger partial charge in [-0.2, -0.15) is 11.8 Å². The Balaban J connectivity index is 1.88. The molecule has 2 rings (SSSR count). The number of hydrogen-bond donors (Lipinski definition) is 1.